The molecule has 0 aromatic rings. The van der Waals surface area contributed by atoms with Crippen LogP contribution in [0.15, 0.2) is 0 Å². The van der Waals surface area contributed by atoms with Crippen LogP contribution in [0.5, 0.6) is 0 Å². The van der Waals surface area contributed by atoms with Gasteiger partial charge in [0.25, 0.3) is 0 Å². The molecule has 1 saturated carbocycles. The van der Waals surface area contributed by atoms with Gasteiger partial charge in [0.1, 0.15) is 5.54 Å². The molecule has 2 rings (SSSR count). The summed E-state index contributed by atoms with van der Waals surface area (Å²) in [5.74, 6) is 0.829. The molecule has 0 aromatic heterocycles. The fourth-order valence-electron chi connectivity index (χ4n) is 4.18. The van der Waals surface area contributed by atoms with Crippen molar-refractivity contribution in [2.45, 2.75) is 77.2 Å². The van der Waals surface area contributed by atoms with Gasteiger partial charge in [-0.15, -0.1) is 0 Å². The Kier molecular flexibility index (Phi) is 5.48. The number of nitrogens with zero attached hydrogens (tertiary/aromatic N) is 1. The summed E-state index contributed by atoms with van der Waals surface area (Å²) in [6.07, 6.45) is 9.94. The Hall–Kier alpha value is -0.570. The van der Waals surface area contributed by atoms with Crippen LogP contribution in [0.1, 0.15) is 71.6 Å². The van der Waals surface area contributed by atoms with E-state index in [9.17, 15) is 9.90 Å². The van der Waals surface area contributed by atoms with Crippen LogP contribution in [0.25, 0.3) is 0 Å². The number of hydrogen-bond acceptors (Lipinski definition) is 2. The predicted octanol–water partition coefficient (Wildman–Crippen LogP) is 3.92. The first kappa shape index (κ1) is 15.8. The zero-order valence-corrected chi connectivity index (χ0v) is 13.2. The van der Waals surface area contributed by atoms with Crippen LogP contribution in [-0.2, 0) is 4.79 Å². The molecule has 0 amide bonds. The lowest BCUT2D eigenvalue weighted by atomic mass is 9.85. The van der Waals surface area contributed by atoms with Crippen molar-refractivity contribution in [3.63, 3.8) is 0 Å². The Morgan fingerprint density at radius 1 is 1.05 bits per heavy atom. The molecule has 2 unspecified atom stereocenters. The van der Waals surface area contributed by atoms with E-state index in [2.05, 4.69) is 18.7 Å². The zero-order chi connectivity index (χ0) is 14.6. The molecule has 2 fully saturated rings. The Balaban J connectivity index is 2.14. The SMILES string of the molecule is CC(C)C1CCCC(C(=O)O)(N2CCCCCC2)CC1. The first-order valence-electron chi connectivity index (χ1n) is 8.55. The largest absolute Gasteiger partial charge is 0.480 e. The lowest BCUT2D eigenvalue weighted by Crippen LogP contribution is -2.54. The first-order chi connectivity index (χ1) is 9.56. The maximum absolute atomic E-state index is 12.1. The van der Waals surface area contributed by atoms with Gasteiger partial charge in [-0.1, -0.05) is 39.5 Å². The van der Waals surface area contributed by atoms with Crippen molar-refractivity contribution < 1.29 is 9.90 Å². The molecule has 1 N–H and O–H groups in total. The monoisotopic (exact) mass is 281 g/mol. The van der Waals surface area contributed by atoms with E-state index in [1.807, 2.05) is 0 Å². The van der Waals surface area contributed by atoms with Gasteiger partial charge in [0, 0.05) is 0 Å². The van der Waals surface area contributed by atoms with E-state index in [4.69, 9.17) is 0 Å². The number of carboxylic acid groups (broad SMARTS) is 1. The van der Waals surface area contributed by atoms with E-state index in [1.54, 1.807) is 0 Å². The molecule has 116 valence electrons. The van der Waals surface area contributed by atoms with Crippen LogP contribution in [0, 0.1) is 11.8 Å². The average Bonchev–Trinajstić information content (AvgIpc) is 2.80. The second-order valence-corrected chi connectivity index (χ2v) is 7.17. The smallest absolute Gasteiger partial charge is 0.324 e. The highest BCUT2D eigenvalue weighted by molar-refractivity contribution is 5.78. The maximum atomic E-state index is 12.1. The van der Waals surface area contributed by atoms with E-state index < -0.39 is 11.5 Å². The molecule has 0 spiro atoms. The molecular formula is C17H31NO2. The summed E-state index contributed by atoms with van der Waals surface area (Å²) in [6.45, 7) is 6.53. The van der Waals surface area contributed by atoms with Gasteiger partial charge in [-0.2, -0.15) is 0 Å². The van der Waals surface area contributed by atoms with Gasteiger partial charge in [-0.05, 0) is 57.0 Å². The van der Waals surface area contributed by atoms with E-state index in [1.165, 1.54) is 32.1 Å². The molecule has 3 nitrogen and oxygen atoms in total. The van der Waals surface area contributed by atoms with Crippen LogP contribution in [-0.4, -0.2) is 34.6 Å². The van der Waals surface area contributed by atoms with Crippen molar-refractivity contribution >= 4 is 5.97 Å². The fourth-order valence-corrected chi connectivity index (χ4v) is 4.18. The summed E-state index contributed by atoms with van der Waals surface area (Å²) in [5.41, 5.74) is -0.562. The quantitative estimate of drug-likeness (QED) is 0.797. The van der Waals surface area contributed by atoms with E-state index >= 15 is 0 Å². The second-order valence-electron chi connectivity index (χ2n) is 7.17. The van der Waals surface area contributed by atoms with Gasteiger partial charge in [-0.25, -0.2) is 0 Å². The Morgan fingerprint density at radius 3 is 2.25 bits per heavy atom. The lowest BCUT2D eigenvalue weighted by Gasteiger charge is -2.40. The molecule has 1 heterocycles. The van der Waals surface area contributed by atoms with Crippen LogP contribution in [0.4, 0.5) is 0 Å². The Morgan fingerprint density at radius 2 is 1.70 bits per heavy atom. The van der Waals surface area contributed by atoms with Crippen molar-refractivity contribution in [1.29, 1.82) is 0 Å². The van der Waals surface area contributed by atoms with Crippen molar-refractivity contribution in [1.82, 2.24) is 4.90 Å². The summed E-state index contributed by atoms with van der Waals surface area (Å²) in [7, 11) is 0. The normalized spacial score (nSPS) is 33.6. The van der Waals surface area contributed by atoms with Gasteiger partial charge >= 0.3 is 5.97 Å². The van der Waals surface area contributed by atoms with Gasteiger partial charge in [0.05, 0.1) is 0 Å². The van der Waals surface area contributed by atoms with E-state index in [-0.39, 0.29) is 0 Å². The molecule has 2 atom stereocenters. The molecule has 1 aliphatic heterocycles. The fraction of sp³-hybridized carbons (Fsp3) is 0.941. The first-order valence-corrected chi connectivity index (χ1v) is 8.55. The van der Waals surface area contributed by atoms with Crippen LogP contribution in [0.3, 0.4) is 0 Å². The molecule has 3 heteroatoms. The third-order valence-electron chi connectivity index (χ3n) is 5.65. The van der Waals surface area contributed by atoms with Gasteiger partial charge in [0.15, 0.2) is 0 Å². The highest BCUT2D eigenvalue weighted by atomic mass is 16.4. The zero-order valence-electron chi connectivity index (χ0n) is 13.2. The summed E-state index contributed by atoms with van der Waals surface area (Å²) in [6, 6.07) is 0. The lowest BCUT2D eigenvalue weighted by molar-refractivity contribution is -0.153. The number of rotatable bonds is 3. The van der Waals surface area contributed by atoms with Crippen LogP contribution in [0.2, 0.25) is 0 Å². The van der Waals surface area contributed by atoms with Crippen molar-refractivity contribution in [2.75, 3.05) is 13.1 Å². The highest BCUT2D eigenvalue weighted by Gasteiger charge is 2.45. The maximum Gasteiger partial charge on any atom is 0.324 e. The molecule has 0 bridgehead atoms. The topological polar surface area (TPSA) is 40.5 Å². The third kappa shape index (κ3) is 3.36. The van der Waals surface area contributed by atoms with Crippen molar-refractivity contribution in [2.24, 2.45) is 11.8 Å². The number of carboxylic acids is 1. The minimum Gasteiger partial charge on any atom is -0.480 e. The summed E-state index contributed by atoms with van der Waals surface area (Å²) >= 11 is 0. The second kappa shape index (κ2) is 6.93. The summed E-state index contributed by atoms with van der Waals surface area (Å²) in [5, 5.41) is 9.94. The minimum absolute atomic E-state index is 0.562. The van der Waals surface area contributed by atoms with E-state index in [0.29, 0.717) is 11.8 Å². The van der Waals surface area contributed by atoms with Gasteiger partial charge in [-0.3, -0.25) is 9.69 Å². The standard InChI is InChI=1S/C17H31NO2/c1-14(2)15-8-7-10-17(11-9-15,16(19)20)18-12-5-3-4-6-13-18/h14-15H,3-13H2,1-2H3,(H,19,20). The highest BCUT2D eigenvalue weighted by Crippen LogP contribution is 2.38. The molecule has 1 saturated heterocycles. The van der Waals surface area contributed by atoms with Crippen molar-refractivity contribution in [3.8, 4) is 0 Å². The molecule has 2 aliphatic rings. The van der Waals surface area contributed by atoms with Gasteiger partial charge < -0.3 is 5.11 Å². The van der Waals surface area contributed by atoms with E-state index in [0.717, 1.165) is 38.8 Å². The van der Waals surface area contributed by atoms with Crippen LogP contribution < -0.4 is 0 Å². The molecule has 0 aromatic carbocycles. The Labute approximate surface area is 123 Å². The molecular weight excluding hydrogens is 250 g/mol. The van der Waals surface area contributed by atoms with Crippen molar-refractivity contribution in [3.05, 3.63) is 0 Å². The summed E-state index contributed by atoms with van der Waals surface area (Å²) in [4.78, 5) is 14.4. The van der Waals surface area contributed by atoms with Gasteiger partial charge in [0.2, 0.25) is 0 Å². The molecule has 20 heavy (non-hydrogen) atoms. The molecule has 1 aliphatic carbocycles. The van der Waals surface area contributed by atoms with Crippen LogP contribution >= 0.6 is 0 Å². The number of hydrogen-bond donors (Lipinski definition) is 1. The summed E-state index contributed by atoms with van der Waals surface area (Å²) < 4.78 is 0. The predicted molar refractivity (Wildman–Crippen MR) is 81.8 cm³/mol. The number of likely N-dealkylation sites (tertiary alicyclic amines) is 1. The number of carbonyl (C=O) groups is 1. The molecule has 0 radical (unpaired) electrons. The minimum atomic E-state index is -0.566. The Bertz CT molecular complexity index is 321. The third-order valence-corrected chi connectivity index (χ3v) is 5.65. The number of aliphatic carboxylic acids is 1. The average molecular weight is 281 g/mol.